The third-order valence-corrected chi connectivity index (χ3v) is 5.91. The molecule has 0 spiro atoms. The summed E-state index contributed by atoms with van der Waals surface area (Å²) in [6.45, 7) is -0.122. The van der Waals surface area contributed by atoms with Gasteiger partial charge in [-0.15, -0.1) is 0 Å². The number of benzene rings is 2. The Bertz CT molecular complexity index is 1280. The minimum atomic E-state index is -4.75. The number of hydrogen-bond acceptors (Lipinski definition) is 5. The first-order chi connectivity index (χ1) is 18.1. The molecule has 1 fully saturated rings. The monoisotopic (exact) mass is 552 g/mol. The van der Waals surface area contributed by atoms with Gasteiger partial charge in [-0.1, -0.05) is 54.1 Å². The second-order valence-electron chi connectivity index (χ2n) is 8.35. The number of rotatable bonds is 9. The van der Waals surface area contributed by atoms with E-state index in [2.05, 4.69) is 25.8 Å². The number of hydrogen-bond donors (Lipinski definition) is 3. The number of halogens is 5. The van der Waals surface area contributed by atoms with Crippen molar-refractivity contribution in [3.8, 4) is 5.75 Å². The Balaban J connectivity index is 1.82. The molecule has 2 heterocycles. The molecule has 0 radical (unpaired) electrons. The van der Waals surface area contributed by atoms with Crippen LogP contribution in [0.4, 0.5) is 22.4 Å². The molecule has 38 heavy (non-hydrogen) atoms. The molecule has 1 aromatic heterocycles. The lowest BCUT2D eigenvalue weighted by molar-refractivity contribution is -0.253. The maximum atomic E-state index is 13.7. The smallest absolute Gasteiger partial charge is 0.428 e. The minimum Gasteiger partial charge on any atom is -0.428 e. The van der Waals surface area contributed by atoms with E-state index in [1.165, 1.54) is 30.5 Å². The van der Waals surface area contributed by atoms with Crippen LogP contribution in [0.2, 0.25) is 5.02 Å². The molecule has 8 nitrogen and oxygen atoms in total. The number of hydroxylamine groups is 1. The average Bonchev–Trinajstić information content (AvgIpc) is 3.28. The van der Waals surface area contributed by atoms with Gasteiger partial charge in [0.2, 0.25) is 0 Å². The lowest BCUT2D eigenvalue weighted by atomic mass is 9.80. The SMILES string of the molecule is O=C(N[C@@H]1CONC1=O)N[C@@](Cc1ccccc1)(c1cccc(OC(F)(F)C(F)F)c1)c1ccc(Cl)cn1. The van der Waals surface area contributed by atoms with E-state index in [-0.39, 0.29) is 24.3 Å². The number of alkyl halides is 4. The van der Waals surface area contributed by atoms with Crippen LogP contribution in [0.3, 0.4) is 0 Å². The van der Waals surface area contributed by atoms with Crippen molar-refractivity contribution in [1.82, 2.24) is 21.1 Å². The number of urea groups is 1. The van der Waals surface area contributed by atoms with Gasteiger partial charge in [-0.3, -0.25) is 14.6 Å². The fourth-order valence-corrected chi connectivity index (χ4v) is 4.03. The van der Waals surface area contributed by atoms with Crippen LogP contribution < -0.4 is 20.9 Å². The van der Waals surface area contributed by atoms with Crippen LogP contribution in [0.1, 0.15) is 16.8 Å². The second-order valence-corrected chi connectivity index (χ2v) is 8.79. The van der Waals surface area contributed by atoms with Gasteiger partial charge in [0.1, 0.15) is 23.9 Å². The number of nitrogens with one attached hydrogen (secondary N) is 3. The van der Waals surface area contributed by atoms with E-state index in [0.717, 1.165) is 12.1 Å². The predicted molar refractivity (Wildman–Crippen MR) is 128 cm³/mol. The van der Waals surface area contributed by atoms with Gasteiger partial charge in [-0.25, -0.2) is 10.3 Å². The Morgan fingerprint density at radius 1 is 1.16 bits per heavy atom. The molecular formula is C25H21ClF4N4O4. The summed E-state index contributed by atoms with van der Waals surface area (Å²) in [7, 11) is 0. The number of carbonyl (C=O) groups is 2. The lowest BCUT2D eigenvalue weighted by Gasteiger charge is -2.36. The summed E-state index contributed by atoms with van der Waals surface area (Å²) in [5.41, 5.74) is 1.69. The highest BCUT2D eigenvalue weighted by molar-refractivity contribution is 6.30. The first-order valence-corrected chi connectivity index (χ1v) is 11.6. The molecule has 2 aromatic carbocycles. The quantitative estimate of drug-likeness (QED) is 0.346. The van der Waals surface area contributed by atoms with E-state index >= 15 is 0 Å². The van der Waals surface area contributed by atoms with Crippen LogP contribution in [0, 0.1) is 0 Å². The van der Waals surface area contributed by atoms with Crippen molar-refractivity contribution < 1.29 is 36.7 Å². The normalized spacial score (nSPS) is 17.0. The fraction of sp³-hybridized carbons (Fsp3) is 0.240. The zero-order chi connectivity index (χ0) is 27.3. The molecule has 3 amide bonds. The highest BCUT2D eigenvalue weighted by atomic mass is 35.5. The second kappa shape index (κ2) is 11.2. The molecule has 0 unspecified atom stereocenters. The van der Waals surface area contributed by atoms with Crippen LogP contribution in [-0.4, -0.2) is 42.1 Å². The van der Waals surface area contributed by atoms with Crippen LogP contribution in [-0.2, 0) is 21.6 Å². The zero-order valence-corrected chi connectivity index (χ0v) is 20.2. The van der Waals surface area contributed by atoms with Crippen LogP contribution in [0.25, 0.3) is 0 Å². The topological polar surface area (TPSA) is 102 Å². The maximum Gasteiger partial charge on any atom is 0.461 e. The van der Waals surface area contributed by atoms with Gasteiger partial charge in [-0.2, -0.15) is 17.6 Å². The van der Waals surface area contributed by atoms with Gasteiger partial charge in [0.25, 0.3) is 5.91 Å². The molecule has 3 N–H and O–H groups in total. The van der Waals surface area contributed by atoms with Gasteiger partial charge in [-0.05, 0) is 35.4 Å². The Morgan fingerprint density at radius 2 is 1.92 bits per heavy atom. The maximum absolute atomic E-state index is 13.7. The molecule has 200 valence electrons. The average molecular weight is 553 g/mol. The summed E-state index contributed by atoms with van der Waals surface area (Å²) in [5.74, 6) is -1.13. The first kappa shape index (κ1) is 27.1. The van der Waals surface area contributed by atoms with E-state index < -0.39 is 41.8 Å². The molecule has 1 saturated heterocycles. The predicted octanol–water partition coefficient (Wildman–Crippen LogP) is 4.19. The molecule has 4 rings (SSSR count). The largest absolute Gasteiger partial charge is 0.461 e. The third-order valence-electron chi connectivity index (χ3n) is 5.68. The fourth-order valence-electron chi connectivity index (χ4n) is 3.92. The van der Waals surface area contributed by atoms with Gasteiger partial charge < -0.3 is 15.4 Å². The summed E-state index contributed by atoms with van der Waals surface area (Å²) in [5, 5.41) is 5.60. The van der Waals surface area contributed by atoms with E-state index in [1.807, 2.05) is 0 Å². The van der Waals surface area contributed by atoms with Crippen LogP contribution in [0.15, 0.2) is 72.9 Å². The Morgan fingerprint density at radius 3 is 2.55 bits per heavy atom. The molecule has 3 aromatic rings. The number of carbonyl (C=O) groups excluding carboxylic acids is 2. The number of ether oxygens (including phenoxy) is 1. The van der Waals surface area contributed by atoms with E-state index in [0.29, 0.717) is 10.6 Å². The first-order valence-electron chi connectivity index (χ1n) is 11.2. The van der Waals surface area contributed by atoms with Crippen molar-refractivity contribution in [1.29, 1.82) is 0 Å². The molecule has 1 aliphatic heterocycles. The van der Waals surface area contributed by atoms with E-state index in [9.17, 15) is 27.2 Å². The zero-order valence-electron chi connectivity index (χ0n) is 19.5. The number of nitrogens with zero attached hydrogens (tertiary/aromatic N) is 1. The standard InChI is InChI=1S/C25H21ClF4N4O4/c26-17-9-10-20(31-13-17)24(12-15-5-2-1-3-6-15,33-23(36)32-19-14-37-34-21(19)35)16-7-4-8-18(11-16)38-25(29,30)22(27)28/h1-11,13,19,22H,12,14H2,(H,34,35)(H2,32,33,36)/t19-,24+/m1/s1. The summed E-state index contributed by atoms with van der Waals surface area (Å²) >= 11 is 6.04. The highest BCUT2D eigenvalue weighted by Crippen LogP contribution is 2.36. The number of aromatic nitrogens is 1. The van der Waals surface area contributed by atoms with Crippen molar-refractivity contribution in [2.24, 2.45) is 0 Å². The molecule has 13 heteroatoms. The summed E-state index contributed by atoms with van der Waals surface area (Å²) in [4.78, 5) is 34.3. The van der Waals surface area contributed by atoms with Gasteiger partial charge in [0, 0.05) is 12.6 Å². The number of pyridine rings is 1. The Hall–Kier alpha value is -3.90. The molecular weight excluding hydrogens is 532 g/mol. The molecule has 0 bridgehead atoms. The highest BCUT2D eigenvalue weighted by Gasteiger charge is 2.45. The summed E-state index contributed by atoms with van der Waals surface area (Å²) in [6.07, 6.45) is -7.45. The van der Waals surface area contributed by atoms with E-state index in [1.54, 1.807) is 30.3 Å². The van der Waals surface area contributed by atoms with Crippen LogP contribution >= 0.6 is 11.6 Å². The summed E-state index contributed by atoms with van der Waals surface area (Å²) in [6, 6.07) is 15.1. The number of amides is 3. The lowest BCUT2D eigenvalue weighted by Crippen LogP contribution is -2.55. The molecule has 2 atom stereocenters. The Labute approximate surface area is 219 Å². The van der Waals surface area contributed by atoms with Gasteiger partial charge >= 0.3 is 18.6 Å². The molecule has 0 saturated carbocycles. The Kier molecular flexibility index (Phi) is 8.02. The molecule has 0 aliphatic carbocycles. The van der Waals surface area contributed by atoms with Crippen molar-refractivity contribution >= 4 is 23.5 Å². The van der Waals surface area contributed by atoms with Crippen LogP contribution in [0.5, 0.6) is 5.75 Å². The molecule has 1 aliphatic rings. The third kappa shape index (κ3) is 6.14. The van der Waals surface area contributed by atoms with Crippen molar-refractivity contribution in [3.63, 3.8) is 0 Å². The van der Waals surface area contributed by atoms with E-state index in [4.69, 9.17) is 16.4 Å². The van der Waals surface area contributed by atoms with Gasteiger partial charge in [0.15, 0.2) is 0 Å². The van der Waals surface area contributed by atoms with Crippen molar-refractivity contribution in [3.05, 3.63) is 94.8 Å². The van der Waals surface area contributed by atoms with Crippen molar-refractivity contribution in [2.45, 2.75) is 30.5 Å². The summed E-state index contributed by atoms with van der Waals surface area (Å²) < 4.78 is 57.4. The van der Waals surface area contributed by atoms with Gasteiger partial charge in [0.05, 0.1) is 10.7 Å². The minimum absolute atomic E-state index is 0.0396. The van der Waals surface area contributed by atoms with Crippen molar-refractivity contribution in [2.75, 3.05) is 6.61 Å².